The second-order valence-electron chi connectivity index (χ2n) is 9.88. The van der Waals surface area contributed by atoms with E-state index in [1.54, 1.807) is 62.4 Å². The van der Waals surface area contributed by atoms with Crippen molar-refractivity contribution in [3.05, 3.63) is 106 Å². The van der Waals surface area contributed by atoms with Crippen LogP contribution >= 0.6 is 0 Å². The highest BCUT2D eigenvalue weighted by molar-refractivity contribution is 5.97. The summed E-state index contributed by atoms with van der Waals surface area (Å²) in [4.78, 5) is 35.7. The molecular formula is C32H38F3N7O3. The lowest BCUT2D eigenvalue weighted by atomic mass is 10.1. The minimum Gasteiger partial charge on any atom is -0.399 e. The van der Waals surface area contributed by atoms with E-state index >= 15 is 0 Å². The Morgan fingerprint density at radius 3 is 2.33 bits per heavy atom. The van der Waals surface area contributed by atoms with E-state index in [9.17, 15) is 22.8 Å². The van der Waals surface area contributed by atoms with Gasteiger partial charge in [-0.05, 0) is 49.7 Å². The number of hydrogen-bond acceptors (Lipinski definition) is 7. The van der Waals surface area contributed by atoms with Crippen LogP contribution in [0.1, 0.15) is 45.4 Å². The maximum Gasteiger partial charge on any atom is 0.416 e. The molecule has 0 atom stereocenters. The van der Waals surface area contributed by atoms with Crippen LogP contribution in [0.15, 0.2) is 88.9 Å². The van der Waals surface area contributed by atoms with Gasteiger partial charge >= 0.3 is 6.18 Å². The third kappa shape index (κ3) is 9.58. The molecule has 6 N–H and O–H groups in total. The Kier molecular flexibility index (Phi) is 12.3. The molecule has 0 spiro atoms. The van der Waals surface area contributed by atoms with E-state index in [0.717, 1.165) is 22.3 Å². The third-order valence-corrected chi connectivity index (χ3v) is 6.09. The molecule has 10 nitrogen and oxygen atoms in total. The lowest BCUT2D eigenvalue weighted by Gasteiger charge is -2.17. The summed E-state index contributed by atoms with van der Waals surface area (Å²) in [6.45, 7) is 3.22. The van der Waals surface area contributed by atoms with Gasteiger partial charge in [-0.3, -0.25) is 14.2 Å². The summed E-state index contributed by atoms with van der Waals surface area (Å²) in [5.74, 6) is 0.0962. The largest absolute Gasteiger partial charge is 0.416 e. The van der Waals surface area contributed by atoms with Crippen LogP contribution in [0, 0.1) is 0 Å². The van der Waals surface area contributed by atoms with E-state index < -0.39 is 29.8 Å². The van der Waals surface area contributed by atoms with Gasteiger partial charge in [0.2, 0.25) is 5.91 Å². The topological polar surface area (TPSA) is 150 Å². The van der Waals surface area contributed by atoms with Gasteiger partial charge in [0.25, 0.3) is 5.56 Å². The number of nitrogen functional groups attached to an aromatic ring is 1. The van der Waals surface area contributed by atoms with Crippen LogP contribution in [-0.2, 0) is 24.1 Å². The molecule has 0 fully saturated rings. The first kappa shape index (κ1) is 35.9. The van der Waals surface area contributed by atoms with Crippen molar-refractivity contribution in [1.82, 2.24) is 14.9 Å². The van der Waals surface area contributed by atoms with Crippen molar-refractivity contribution >= 4 is 23.2 Å². The highest BCUT2D eigenvalue weighted by Crippen LogP contribution is 2.34. The summed E-state index contributed by atoms with van der Waals surface area (Å²) >= 11 is 0. The summed E-state index contributed by atoms with van der Waals surface area (Å²) in [5.41, 5.74) is 11.3. The Morgan fingerprint density at radius 2 is 1.71 bits per heavy atom. The van der Waals surface area contributed by atoms with E-state index in [4.69, 9.17) is 16.3 Å². The molecule has 0 saturated carbocycles. The number of rotatable bonds is 10. The Hall–Kier alpha value is -5.33. The van der Waals surface area contributed by atoms with Gasteiger partial charge in [-0.1, -0.05) is 62.5 Å². The first-order valence-corrected chi connectivity index (χ1v) is 13.2. The molecule has 1 amide bonds. The average molecular weight is 626 g/mol. The monoisotopic (exact) mass is 625 g/mol. The summed E-state index contributed by atoms with van der Waals surface area (Å²) in [5, 5.41) is 9.54. The van der Waals surface area contributed by atoms with Crippen LogP contribution < -0.4 is 32.5 Å². The minimum absolute atomic E-state index is 0. The Balaban J connectivity index is 0.00000353. The lowest BCUT2D eigenvalue weighted by molar-refractivity contribution is -0.137. The number of nitrogens with zero attached hydrogens (tertiary/aromatic N) is 3. The number of amidine groups is 1. The molecule has 0 unspecified atom stereocenters. The van der Waals surface area contributed by atoms with E-state index in [0.29, 0.717) is 11.3 Å². The number of para-hydroxylation sites is 1. The zero-order valence-corrected chi connectivity index (χ0v) is 23.4. The molecular weight excluding hydrogens is 587 g/mol. The predicted octanol–water partition coefficient (Wildman–Crippen LogP) is 5.62. The third-order valence-electron chi connectivity index (χ3n) is 6.09. The molecule has 4 rings (SSSR count). The fourth-order valence-corrected chi connectivity index (χ4v) is 4.04. The average Bonchev–Trinajstić information content (AvgIpc) is 2.96. The number of hydrogen-bond donors (Lipinski definition) is 4. The number of benzene rings is 3. The van der Waals surface area contributed by atoms with E-state index in [1.807, 2.05) is 6.07 Å². The molecule has 0 aliphatic carbocycles. The summed E-state index contributed by atoms with van der Waals surface area (Å²) in [6, 6.07) is 18.6. The molecule has 240 valence electrons. The number of carbonyl (C=O) groups is 1. The number of carbonyl (C=O) groups excluding carboxylic acids is 1. The maximum absolute atomic E-state index is 13.5. The fraction of sp³-hybridized carbons (Fsp3) is 0.250. The van der Waals surface area contributed by atoms with Crippen molar-refractivity contribution in [2.75, 3.05) is 11.1 Å². The minimum atomic E-state index is -4.67. The first-order valence-electron chi connectivity index (χ1n) is 13.2. The van der Waals surface area contributed by atoms with Crippen LogP contribution in [0.2, 0.25) is 0 Å². The smallest absolute Gasteiger partial charge is 0.399 e. The lowest BCUT2D eigenvalue weighted by Crippen LogP contribution is -2.35. The van der Waals surface area contributed by atoms with Gasteiger partial charge in [-0.15, -0.1) is 0 Å². The summed E-state index contributed by atoms with van der Waals surface area (Å²) in [6.07, 6.45) is -3.43. The molecule has 3 aromatic carbocycles. The van der Waals surface area contributed by atoms with Crippen molar-refractivity contribution in [3.63, 3.8) is 0 Å². The quantitative estimate of drug-likeness (QED) is 0.0773. The van der Waals surface area contributed by atoms with Crippen LogP contribution in [0.4, 0.5) is 24.7 Å². The number of anilines is 2. The zero-order valence-electron chi connectivity index (χ0n) is 23.4. The number of nitrogens with one attached hydrogen (secondary N) is 2. The summed E-state index contributed by atoms with van der Waals surface area (Å²) < 4.78 is 41.5. The van der Waals surface area contributed by atoms with Crippen LogP contribution in [0.3, 0.4) is 0 Å². The Morgan fingerprint density at radius 1 is 1.04 bits per heavy atom. The van der Waals surface area contributed by atoms with Crippen molar-refractivity contribution < 1.29 is 22.8 Å². The number of amides is 1. The molecule has 0 saturated heterocycles. The molecule has 0 aliphatic heterocycles. The number of alkyl halides is 3. The molecule has 13 heteroatoms. The number of aromatic nitrogens is 2. The molecule has 0 radical (unpaired) electrons. The second kappa shape index (κ2) is 15.4. The van der Waals surface area contributed by atoms with Gasteiger partial charge in [-0.2, -0.15) is 13.2 Å². The molecule has 1 heterocycles. The Labute approximate surface area is 259 Å². The van der Waals surface area contributed by atoms with Gasteiger partial charge < -0.3 is 26.9 Å². The molecule has 0 aliphatic rings. The highest BCUT2D eigenvalue weighted by Gasteiger charge is 2.31. The molecule has 45 heavy (non-hydrogen) atoms. The fourth-order valence-electron chi connectivity index (χ4n) is 4.04. The SMILES string of the molecule is C.C.CC(C)Nc1ncc(-c2cc(N)cc(C(F)(F)F)c2)n(CC(=O)NCc2ccc(/C(N)=N/Oc3ccccc3)cc2)c1=O. The van der Waals surface area contributed by atoms with Gasteiger partial charge in [0.1, 0.15) is 6.54 Å². The Bertz CT molecular complexity index is 1670. The van der Waals surface area contributed by atoms with Crippen LogP contribution in [-0.4, -0.2) is 27.3 Å². The van der Waals surface area contributed by atoms with Crippen molar-refractivity contribution in [2.45, 2.75) is 54.0 Å². The standard InChI is InChI=1S/C30H30F3N7O3.2CH4/c1-18(2)38-28-29(42)40(25(16-37-28)21-12-22(30(31,32)33)14-23(34)13-21)17-26(41)36-15-19-8-10-20(11-9-19)27(35)39-43-24-6-4-3-5-7-24;;/h3-14,16,18H,15,17,34H2,1-2H3,(H2,35,39)(H,36,41)(H,37,38);2*1H4. The van der Waals surface area contributed by atoms with Crippen molar-refractivity contribution in [1.29, 1.82) is 0 Å². The first-order chi connectivity index (χ1) is 20.4. The summed E-state index contributed by atoms with van der Waals surface area (Å²) in [7, 11) is 0. The van der Waals surface area contributed by atoms with Crippen molar-refractivity contribution in [2.24, 2.45) is 10.9 Å². The number of nitrogens with two attached hydrogens (primary N) is 2. The second-order valence-corrected chi connectivity index (χ2v) is 9.88. The molecule has 4 aromatic rings. The number of oxime groups is 1. The van der Waals surface area contributed by atoms with E-state index in [2.05, 4.69) is 20.8 Å². The van der Waals surface area contributed by atoms with Crippen molar-refractivity contribution in [3.8, 4) is 17.0 Å². The van der Waals surface area contributed by atoms with Crippen LogP contribution in [0.5, 0.6) is 5.75 Å². The normalized spacial score (nSPS) is 11.3. The van der Waals surface area contributed by atoms with Gasteiger partial charge in [0, 0.05) is 29.4 Å². The van der Waals surface area contributed by atoms with Gasteiger partial charge in [-0.25, -0.2) is 4.98 Å². The van der Waals surface area contributed by atoms with Gasteiger partial charge in [0.15, 0.2) is 17.4 Å². The van der Waals surface area contributed by atoms with Gasteiger partial charge in [0.05, 0.1) is 17.5 Å². The predicted molar refractivity (Wildman–Crippen MR) is 172 cm³/mol. The molecule has 0 bridgehead atoms. The van der Waals surface area contributed by atoms with E-state index in [-0.39, 0.29) is 56.0 Å². The highest BCUT2D eigenvalue weighted by atomic mass is 19.4. The molecule has 1 aromatic heterocycles. The number of halogens is 3. The zero-order chi connectivity index (χ0) is 31.1. The van der Waals surface area contributed by atoms with E-state index in [1.165, 1.54) is 12.3 Å². The maximum atomic E-state index is 13.5. The van der Waals surface area contributed by atoms with Crippen LogP contribution in [0.25, 0.3) is 11.3 Å².